The molecule has 0 fully saturated rings. The summed E-state index contributed by atoms with van der Waals surface area (Å²) in [4.78, 5) is 12.5. The lowest BCUT2D eigenvalue weighted by Crippen LogP contribution is -1.93. The minimum atomic E-state index is 0.606. The molecule has 0 bridgehead atoms. The molecule has 0 aliphatic carbocycles. The Morgan fingerprint density at radius 1 is 0.800 bits per heavy atom. The second-order valence-electron chi connectivity index (χ2n) is 4.25. The molecule has 0 radical (unpaired) electrons. The van der Waals surface area contributed by atoms with Crippen molar-refractivity contribution in [2.75, 3.05) is 7.11 Å². The smallest absolute Gasteiger partial charge is 0.221 e. The molecular weight excluding hydrogens is 250 g/mol. The fraction of sp³-hybridized carbons (Fsp3) is 0.0625. The predicted molar refractivity (Wildman–Crippen MR) is 77.3 cm³/mol. The van der Waals surface area contributed by atoms with Gasteiger partial charge in [0.1, 0.15) is 0 Å². The lowest BCUT2D eigenvalue weighted by molar-refractivity contribution is 0.400. The van der Waals surface area contributed by atoms with Gasteiger partial charge in [0.2, 0.25) is 5.88 Å². The van der Waals surface area contributed by atoms with Gasteiger partial charge in [0.25, 0.3) is 0 Å². The SMILES string of the molecule is COc1ncc(-c2ccncc2)cc1-c1ccncc1. The summed E-state index contributed by atoms with van der Waals surface area (Å²) in [6.07, 6.45) is 8.86. The van der Waals surface area contributed by atoms with E-state index in [0.717, 1.165) is 22.3 Å². The average Bonchev–Trinajstić information content (AvgIpc) is 2.56. The van der Waals surface area contributed by atoms with Crippen LogP contribution in [0.15, 0.2) is 61.3 Å². The normalized spacial score (nSPS) is 10.2. The Morgan fingerprint density at radius 2 is 1.40 bits per heavy atom. The van der Waals surface area contributed by atoms with Gasteiger partial charge in [-0.1, -0.05) is 0 Å². The summed E-state index contributed by atoms with van der Waals surface area (Å²) in [7, 11) is 1.62. The van der Waals surface area contributed by atoms with Gasteiger partial charge in [-0.05, 0) is 41.5 Å². The maximum absolute atomic E-state index is 5.35. The highest BCUT2D eigenvalue weighted by Crippen LogP contribution is 2.31. The lowest BCUT2D eigenvalue weighted by Gasteiger charge is -2.10. The fourth-order valence-electron chi connectivity index (χ4n) is 2.06. The van der Waals surface area contributed by atoms with Crippen LogP contribution in [0.25, 0.3) is 22.3 Å². The monoisotopic (exact) mass is 263 g/mol. The van der Waals surface area contributed by atoms with Gasteiger partial charge in [0.15, 0.2) is 0 Å². The quantitative estimate of drug-likeness (QED) is 0.728. The highest BCUT2D eigenvalue weighted by atomic mass is 16.5. The van der Waals surface area contributed by atoms with Gasteiger partial charge in [0.05, 0.1) is 7.11 Å². The Balaban J connectivity index is 2.13. The summed E-state index contributed by atoms with van der Waals surface area (Å²) in [5.41, 5.74) is 4.08. The van der Waals surface area contributed by atoms with Crippen molar-refractivity contribution < 1.29 is 4.74 Å². The van der Waals surface area contributed by atoms with Crippen LogP contribution in [0.3, 0.4) is 0 Å². The first-order valence-electron chi connectivity index (χ1n) is 6.23. The van der Waals surface area contributed by atoms with E-state index >= 15 is 0 Å². The van der Waals surface area contributed by atoms with Crippen LogP contribution in [0.5, 0.6) is 5.88 Å². The molecular formula is C16H13N3O. The van der Waals surface area contributed by atoms with Crippen molar-refractivity contribution in [3.8, 4) is 28.1 Å². The van der Waals surface area contributed by atoms with E-state index in [1.807, 2.05) is 24.3 Å². The summed E-state index contributed by atoms with van der Waals surface area (Å²) in [6.45, 7) is 0. The molecule has 0 spiro atoms. The average molecular weight is 263 g/mol. The van der Waals surface area contributed by atoms with E-state index in [9.17, 15) is 0 Å². The van der Waals surface area contributed by atoms with Crippen LogP contribution in [0.2, 0.25) is 0 Å². The fourth-order valence-corrected chi connectivity index (χ4v) is 2.06. The van der Waals surface area contributed by atoms with Crippen LogP contribution >= 0.6 is 0 Å². The number of rotatable bonds is 3. The van der Waals surface area contributed by atoms with Crippen LogP contribution in [-0.2, 0) is 0 Å². The Kier molecular flexibility index (Phi) is 3.37. The Bertz CT molecular complexity index is 699. The highest BCUT2D eigenvalue weighted by molar-refractivity contribution is 5.75. The third-order valence-corrected chi connectivity index (χ3v) is 3.05. The van der Waals surface area contributed by atoms with E-state index in [-0.39, 0.29) is 0 Å². The first-order valence-corrected chi connectivity index (χ1v) is 6.23. The molecule has 20 heavy (non-hydrogen) atoms. The molecule has 4 heteroatoms. The van der Waals surface area contributed by atoms with Crippen molar-refractivity contribution in [3.05, 3.63) is 61.3 Å². The Labute approximate surface area is 117 Å². The van der Waals surface area contributed by atoms with E-state index in [1.165, 1.54) is 0 Å². The Hall–Kier alpha value is -2.75. The predicted octanol–water partition coefficient (Wildman–Crippen LogP) is 3.21. The van der Waals surface area contributed by atoms with Crippen LogP contribution in [0.1, 0.15) is 0 Å². The topological polar surface area (TPSA) is 47.9 Å². The van der Waals surface area contributed by atoms with E-state index < -0.39 is 0 Å². The zero-order valence-corrected chi connectivity index (χ0v) is 11.0. The third kappa shape index (κ3) is 2.36. The number of hydrogen-bond acceptors (Lipinski definition) is 4. The van der Waals surface area contributed by atoms with Crippen LogP contribution in [-0.4, -0.2) is 22.1 Å². The molecule has 3 aromatic heterocycles. The van der Waals surface area contributed by atoms with Crippen molar-refractivity contribution in [1.29, 1.82) is 0 Å². The number of pyridine rings is 3. The van der Waals surface area contributed by atoms with Crippen molar-refractivity contribution in [2.45, 2.75) is 0 Å². The zero-order chi connectivity index (χ0) is 13.8. The molecule has 0 saturated carbocycles. The van der Waals surface area contributed by atoms with Crippen molar-refractivity contribution in [3.63, 3.8) is 0 Å². The molecule has 0 aliphatic heterocycles. The maximum Gasteiger partial charge on any atom is 0.221 e. The lowest BCUT2D eigenvalue weighted by atomic mass is 10.0. The first-order chi connectivity index (χ1) is 9.88. The van der Waals surface area contributed by atoms with Gasteiger partial charge in [-0.2, -0.15) is 0 Å². The molecule has 0 atom stereocenters. The number of nitrogens with zero attached hydrogens (tertiary/aromatic N) is 3. The third-order valence-electron chi connectivity index (χ3n) is 3.05. The summed E-state index contributed by atoms with van der Waals surface area (Å²) in [5, 5.41) is 0. The number of ether oxygens (including phenoxy) is 1. The molecule has 0 N–H and O–H groups in total. The van der Waals surface area contributed by atoms with Gasteiger partial charge in [0, 0.05) is 42.1 Å². The van der Waals surface area contributed by atoms with Crippen LogP contribution in [0, 0.1) is 0 Å². The summed E-state index contributed by atoms with van der Waals surface area (Å²) in [6, 6.07) is 9.86. The largest absolute Gasteiger partial charge is 0.481 e. The summed E-state index contributed by atoms with van der Waals surface area (Å²) < 4.78 is 5.35. The van der Waals surface area contributed by atoms with Gasteiger partial charge >= 0.3 is 0 Å². The minimum absolute atomic E-state index is 0.606. The van der Waals surface area contributed by atoms with Crippen molar-refractivity contribution in [1.82, 2.24) is 15.0 Å². The minimum Gasteiger partial charge on any atom is -0.481 e. The van der Waals surface area contributed by atoms with Gasteiger partial charge in [-0.3, -0.25) is 9.97 Å². The van der Waals surface area contributed by atoms with E-state index in [0.29, 0.717) is 5.88 Å². The second-order valence-corrected chi connectivity index (χ2v) is 4.25. The second kappa shape index (κ2) is 5.48. The molecule has 0 unspecified atom stereocenters. The molecule has 4 nitrogen and oxygen atoms in total. The zero-order valence-electron chi connectivity index (χ0n) is 11.0. The van der Waals surface area contributed by atoms with Crippen LogP contribution < -0.4 is 4.74 Å². The van der Waals surface area contributed by atoms with E-state index in [4.69, 9.17) is 4.74 Å². The molecule has 0 saturated heterocycles. The molecule has 3 heterocycles. The van der Waals surface area contributed by atoms with E-state index in [2.05, 4.69) is 21.0 Å². The van der Waals surface area contributed by atoms with Crippen LogP contribution in [0.4, 0.5) is 0 Å². The molecule has 98 valence electrons. The Morgan fingerprint density at radius 3 is 2.00 bits per heavy atom. The summed E-state index contributed by atoms with van der Waals surface area (Å²) >= 11 is 0. The first kappa shape index (κ1) is 12.3. The molecule has 0 aliphatic rings. The van der Waals surface area contributed by atoms with E-state index in [1.54, 1.807) is 38.1 Å². The molecule has 3 rings (SSSR count). The number of aromatic nitrogens is 3. The molecule has 3 aromatic rings. The van der Waals surface area contributed by atoms with Crippen molar-refractivity contribution >= 4 is 0 Å². The maximum atomic E-state index is 5.35. The van der Waals surface area contributed by atoms with Crippen molar-refractivity contribution in [2.24, 2.45) is 0 Å². The van der Waals surface area contributed by atoms with Gasteiger partial charge in [-0.25, -0.2) is 4.98 Å². The highest BCUT2D eigenvalue weighted by Gasteiger charge is 2.09. The summed E-state index contributed by atoms with van der Waals surface area (Å²) in [5.74, 6) is 0.606. The molecule has 0 amide bonds. The van der Waals surface area contributed by atoms with Gasteiger partial charge < -0.3 is 4.74 Å². The molecule has 0 aromatic carbocycles. The van der Waals surface area contributed by atoms with Gasteiger partial charge in [-0.15, -0.1) is 0 Å². The number of methoxy groups -OCH3 is 1. The number of hydrogen-bond donors (Lipinski definition) is 0. The standard InChI is InChI=1S/C16H13N3O/c1-20-16-15(13-4-8-18-9-5-13)10-14(11-19-16)12-2-6-17-7-3-12/h2-11H,1H3.